The van der Waals surface area contributed by atoms with Gasteiger partial charge in [0.05, 0.1) is 5.41 Å². The fraction of sp³-hybridized carbons (Fsp3) is 0.429. The Bertz CT molecular complexity index is 417. The number of hydrogen-bond donors (Lipinski definition) is 1. The molecule has 0 atom stereocenters. The molecule has 0 aliphatic heterocycles. The molecule has 0 radical (unpaired) electrons. The Morgan fingerprint density at radius 2 is 2.29 bits per heavy atom. The molecule has 1 aromatic heterocycles. The van der Waals surface area contributed by atoms with E-state index in [4.69, 9.17) is 0 Å². The van der Waals surface area contributed by atoms with Gasteiger partial charge >= 0.3 is 0 Å². The Hall–Kier alpha value is -1.64. The normalized spacial score (nSPS) is 17.4. The first-order valence-corrected chi connectivity index (χ1v) is 5.95. The quantitative estimate of drug-likeness (QED) is 0.805. The molecule has 0 aromatic carbocycles. The van der Waals surface area contributed by atoms with E-state index in [0.29, 0.717) is 6.54 Å². The molecule has 0 bridgehead atoms. The second-order valence-corrected chi connectivity index (χ2v) is 4.99. The molecule has 1 heterocycles. The lowest BCUT2D eigenvalue weighted by molar-refractivity contribution is -0.132. The van der Waals surface area contributed by atoms with Crippen LogP contribution in [0.25, 0.3) is 0 Å². The molecule has 0 saturated heterocycles. The molecule has 1 N–H and O–H groups in total. The highest BCUT2D eigenvalue weighted by Gasteiger charge is 2.41. The van der Waals surface area contributed by atoms with Gasteiger partial charge in [-0.1, -0.05) is 25.1 Å². The lowest BCUT2D eigenvalue weighted by atomic mass is 9.67. The standard InChI is InChI=1S/C14H18N2O/c1-11-9-14(2,10-11)13(17)16-8-6-12-5-3-4-7-15-12/h3-5,7H,1,6,8-10H2,2H3,(H,16,17). The van der Waals surface area contributed by atoms with Crippen LogP contribution in [0.4, 0.5) is 0 Å². The van der Waals surface area contributed by atoms with Crippen LogP contribution in [-0.4, -0.2) is 17.4 Å². The largest absolute Gasteiger partial charge is 0.355 e. The SMILES string of the molecule is C=C1CC(C)(C(=O)NCCc2ccccn2)C1. The zero-order valence-electron chi connectivity index (χ0n) is 10.2. The predicted molar refractivity (Wildman–Crippen MR) is 67.4 cm³/mol. The lowest BCUT2D eigenvalue weighted by Gasteiger charge is -2.38. The summed E-state index contributed by atoms with van der Waals surface area (Å²) in [6.07, 6.45) is 4.20. The summed E-state index contributed by atoms with van der Waals surface area (Å²) in [6, 6.07) is 5.82. The molecule has 3 heteroatoms. The lowest BCUT2D eigenvalue weighted by Crippen LogP contribution is -2.45. The third-order valence-electron chi connectivity index (χ3n) is 3.22. The van der Waals surface area contributed by atoms with Crippen molar-refractivity contribution in [3.63, 3.8) is 0 Å². The molecule has 0 unspecified atom stereocenters. The molecule has 1 saturated carbocycles. The molecular weight excluding hydrogens is 212 g/mol. The second-order valence-electron chi connectivity index (χ2n) is 4.99. The van der Waals surface area contributed by atoms with E-state index in [2.05, 4.69) is 16.9 Å². The van der Waals surface area contributed by atoms with Crippen molar-refractivity contribution in [3.05, 3.63) is 42.2 Å². The molecule has 1 aliphatic rings. The zero-order valence-corrected chi connectivity index (χ0v) is 10.2. The van der Waals surface area contributed by atoms with Crippen LogP contribution in [0.5, 0.6) is 0 Å². The van der Waals surface area contributed by atoms with Gasteiger partial charge < -0.3 is 5.32 Å². The fourth-order valence-corrected chi connectivity index (χ4v) is 2.28. The highest BCUT2D eigenvalue weighted by Crippen LogP contribution is 2.43. The number of hydrogen-bond acceptors (Lipinski definition) is 2. The minimum atomic E-state index is -0.221. The van der Waals surface area contributed by atoms with Crippen LogP contribution in [0, 0.1) is 5.41 Å². The van der Waals surface area contributed by atoms with Crippen molar-refractivity contribution >= 4 is 5.91 Å². The number of nitrogens with one attached hydrogen (secondary N) is 1. The maximum absolute atomic E-state index is 11.9. The van der Waals surface area contributed by atoms with E-state index >= 15 is 0 Å². The fourth-order valence-electron chi connectivity index (χ4n) is 2.28. The average Bonchev–Trinajstić information content (AvgIpc) is 2.28. The highest BCUT2D eigenvalue weighted by atomic mass is 16.2. The number of carbonyl (C=O) groups excluding carboxylic acids is 1. The molecule has 1 fully saturated rings. The molecular formula is C14H18N2O. The molecule has 0 spiro atoms. The van der Waals surface area contributed by atoms with Gasteiger partial charge in [-0.15, -0.1) is 0 Å². The summed E-state index contributed by atoms with van der Waals surface area (Å²) < 4.78 is 0. The third-order valence-corrected chi connectivity index (χ3v) is 3.22. The third kappa shape index (κ3) is 2.73. The summed E-state index contributed by atoms with van der Waals surface area (Å²) in [5.41, 5.74) is 1.96. The Morgan fingerprint density at radius 1 is 1.53 bits per heavy atom. The van der Waals surface area contributed by atoms with Crippen LogP contribution in [-0.2, 0) is 11.2 Å². The maximum Gasteiger partial charge on any atom is 0.226 e. The molecule has 3 nitrogen and oxygen atoms in total. The van der Waals surface area contributed by atoms with E-state index in [1.54, 1.807) is 6.20 Å². The van der Waals surface area contributed by atoms with E-state index in [-0.39, 0.29) is 11.3 Å². The van der Waals surface area contributed by atoms with E-state index in [9.17, 15) is 4.79 Å². The minimum Gasteiger partial charge on any atom is -0.355 e. The first-order valence-electron chi connectivity index (χ1n) is 5.95. The topological polar surface area (TPSA) is 42.0 Å². The van der Waals surface area contributed by atoms with Crippen LogP contribution in [0.3, 0.4) is 0 Å². The van der Waals surface area contributed by atoms with Gasteiger partial charge in [-0.2, -0.15) is 0 Å². The highest BCUT2D eigenvalue weighted by molar-refractivity contribution is 5.84. The van der Waals surface area contributed by atoms with Gasteiger partial charge in [0.25, 0.3) is 0 Å². The molecule has 1 amide bonds. The number of pyridine rings is 1. The van der Waals surface area contributed by atoms with Crippen molar-refractivity contribution in [1.29, 1.82) is 0 Å². The van der Waals surface area contributed by atoms with Crippen LogP contribution >= 0.6 is 0 Å². The first kappa shape index (κ1) is 11.8. The minimum absolute atomic E-state index is 0.140. The smallest absolute Gasteiger partial charge is 0.226 e. The summed E-state index contributed by atoms with van der Waals surface area (Å²) in [5, 5.41) is 2.97. The average molecular weight is 230 g/mol. The van der Waals surface area contributed by atoms with Gasteiger partial charge in [0.15, 0.2) is 0 Å². The monoisotopic (exact) mass is 230 g/mol. The maximum atomic E-state index is 11.9. The number of carbonyl (C=O) groups is 1. The predicted octanol–water partition coefficient (Wildman–Crippen LogP) is 2.10. The van der Waals surface area contributed by atoms with Gasteiger partial charge in [-0.3, -0.25) is 9.78 Å². The molecule has 1 aliphatic carbocycles. The van der Waals surface area contributed by atoms with Crippen LogP contribution < -0.4 is 5.32 Å². The van der Waals surface area contributed by atoms with E-state index in [0.717, 1.165) is 25.0 Å². The van der Waals surface area contributed by atoms with E-state index in [1.165, 1.54) is 5.57 Å². The summed E-state index contributed by atoms with van der Waals surface area (Å²) in [7, 11) is 0. The van der Waals surface area contributed by atoms with Gasteiger partial charge in [-0.05, 0) is 25.0 Å². The van der Waals surface area contributed by atoms with Gasteiger partial charge in [0.1, 0.15) is 0 Å². The number of allylic oxidation sites excluding steroid dienone is 1. The summed E-state index contributed by atoms with van der Waals surface area (Å²) in [4.78, 5) is 16.1. The van der Waals surface area contributed by atoms with Crippen molar-refractivity contribution < 1.29 is 4.79 Å². The van der Waals surface area contributed by atoms with Gasteiger partial charge in [0, 0.05) is 24.9 Å². The van der Waals surface area contributed by atoms with Crippen molar-refractivity contribution in [2.75, 3.05) is 6.54 Å². The van der Waals surface area contributed by atoms with E-state index < -0.39 is 0 Å². The van der Waals surface area contributed by atoms with Gasteiger partial charge in [0.2, 0.25) is 5.91 Å². The van der Waals surface area contributed by atoms with Crippen molar-refractivity contribution in [1.82, 2.24) is 10.3 Å². The van der Waals surface area contributed by atoms with E-state index in [1.807, 2.05) is 25.1 Å². The zero-order chi connectivity index (χ0) is 12.3. The van der Waals surface area contributed by atoms with Crippen LogP contribution in [0.1, 0.15) is 25.5 Å². The number of aromatic nitrogens is 1. The van der Waals surface area contributed by atoms with Crippen molar-refractivity contribution in [3.8, 4) is 0 Å². The molecule has 90 valence electrons. The molecule has 1 aromatic rings. The molecule has 17 heavy (non-hydrogen) atoms. The van der Waals surface area contributed by atoms with Gasteiger partial charge in [-0.25, -0.2) is 0 Å². The summed E-state index contributed by atoms with van der Waals surface area (Å²) in [6.45, 7) is 6.52. The Balaban J connectivity index is 1.76. The van der Waals surface area contributed by atoms with Crippen LogP contribution in [0.15, 0.2) is 36.5 Å². The van der Waals surface area contributed by atoms with Crippen LogP contribution in [0.2, 0.25) is 0 Å². The summed E-state index contributed by atoms with van der Waals surface area (Å²) >= 11 is 0. The molecule has 2 rings (SSSR count). The Labute approximate surface area is 102 Å². The van der Waals surface area contributed by atoms with Crippen molar-refractivity contribution in [2.45, 2.75) is 26.2 Å². The van der Waals surface area contributed by atoms with Crippen molar-refractivity contribution in [2.24, 2.45) is 5.41 Å². The number of nitrogens with zero attached hydrogens (tertiary/aromatic N) is 1. The first-order chi connectivity index (χ1) is 8.10. The number of amides is 1. The number of rotatable bonds is 4. The summed E-state index contributed by atoms with van der Waals surface area (Å²) in [5.74, 6) is 0.140. The Morgan fingerprint density at radius 3 is 2.88 bits per heavy atom. The Kier molecular flexibility index (Phi) is 3.27. The second kappa shape index (κ2) is 4.70.